The van der Waals surface area contributed by atoms with Crippen LogP contribution in [0.15, 0.2) is 46.7 Å². The van der Waals surface area contributed by atoms with Crippen molar-refractivity contribution < 1.29 is 13.2 Å². The SMILES string of the molecule is CN(C(=O)c1cccc(S(=O)(=O)NCc2cccs2)c1)C1CCNC1. The minimum atomic E-state index is -3.66. The van der Waals surface area contributed by atoms with Gasteiger partial charge in [0.1, 0.15) is 0 Å². The third-order valence-corrected chi connectivity index (χ3v) is 6.59. The molecule has 1 saturated heterocycles. The summed E-state index contributed by atoms with van der Waals surface area (Å²) < 4.78 is 27.5. The van der Waals surface area contributed by atoms with Crippen molar-refractivity contribution >= 4 is 27.3 Å². The third kappa shape index (κ3) is 4.27. The first-order chi connectivity index (χ1) is 12.0. The zero-order chi connectivity index (χ0) is 17.9. The molecular weight excluding hydrogens is 358 g/mol. The van der Waals surface area contributed by atoms with Crippen LogP contribution in [-0.4, -0.2) is 45.4 Å². The van der Waals surface area contributed by atoms with Gasteiger partial charge in [-0.15, -0.1) is 11.3 Å². The Bertz CT molecular complexity index is 829. The van der Waals surface area contributed by atoms with Gasteiger partial charge in [0.25, 0.3) is 5.91 Å². The number of nitrogens with zero attached hydrogens (tertiary/aromatic N) is 1. The maximum Gasteiger partial charge on any atom is 0.253 e. The average molecular weight is 380 g/mol. The van der Waals surface area contributed by atoms with Crippen molar-refractivity contribution in [1.82, 2.24) is 14.9 Å². The van der Waals surface area contributed by atoms with Crippen LogP contribution in [0, 0.1) is 0 Å². The summed E-state index contributed by atoms with van der Waals surface area (Å²) in [6.07, 6.45) is 0.905. The fraction of sp³-hybridized carbons (Fsp3) is 0.353. The minimum Gasteiger partial charge on any atom is -0.337 e. The lowest BCUT2D eigenvalue weighted by molar-refractivity contribution is 0.0743. The predicted molar refractivity (Wildman–Crippen MR) is 98.2 cm³/mol. The van der Waals surface area contributed by atoms with E-state index in [9.17, 15) is 13.2 Å². The number of nitrogens with one attached hydrogen (secondary N) is 2. The highest BCUT2D eigenvalue weighted by Gasteiger charge is 2.25. The first kappa shape index (κ1) is 18.1. The highest BCUT2D eigenvalue weighted by molar-refractivity contribution is 7.89. The molecule has 0 spiro atoms. The first-order valence-corrected chi connectivity index (χ1v) is 10.4. The van der Waals surface area contributed by atoms with Crippen LogP contribution >= 0.6 is 11.3 Å². The van der Waals surface area contributed by atoms with Gasteiger partial charge in [0.05, 0.1) is 4.90 Å². The van der Waals surface area contributed by atoms with Crippen LogP contribution in [-0.2, 0) is 16.6 Å². The molecule has 1 aromatic carbocycles. The largest absolute Gasteiger partial charge is 0.337 e. The molecule has 1 amide bonds. The summed E-state index contributed by atoms with van der Waals surface area (Å²) in [6, 6.07) is 10.1. The number of sulfonamides is 1. The van der Waals surface area contributed by atoms with E-state index in [1.54, 1.807) is 24.1 Å². The van der Waals surface area contributed by atoms with Crippen molar-refractivity contribution in [2.24, 2.45) is 0 Å². The molecule has 2 aromatic rings. The van der Waals surface area contributed by atoms with Gasteiger partial charge in [-0.3, -0.25) is 4.79 Å². The molecule has 3 rings (SSSR count). The van der Waals surface area contributed by atoms with Crippen molar-refractivity contribution in [2.75, 3.05) is 20.1 Å². The molecule has 0 aliphatic carbocycles. The molecule has 1 unspecified atom stereocenters. The Balaban J connectivity index is 1.74. The normalized spacial score (nSPS) is 17.6. The van der Waals surface area contributed by atoms with Gasteiger partial charge < -0.3 is 10.2 Å². The third-order valence-electron chi connectivity index (χ3n) is 4.31. The molecule has 25 heavy (non-hydrogen) atoms. The van der Waals surface area contributed by atoms with Crippen molar-refractivity contribution in [2.45, 2.75) is 23.9 Å². The van der Waals surface area contributed by atoms with Crippen molar-refractivity contribution in [1.29, 1.82) is 0 Å². The first-order valence-electron chi connectivity index (χ1n) is 8.07. The number of likely N-dealkylation sites (N-methyl/N-ethyl adjacent to an activating group) is 1. The number of carbonyl (C=O) groups excluding carboxylic acids is 1. The van der Waals surface area contributed by atoms with Gasteiger partial charge in [-0.1, -0.05) is 12.1 Å². The molecule has 1 aliphatic rings. The molecule has 0 bridgehead atoms. The van der Waals surface area contributed by atoms with E-state index in [1.807, 2.05) is 17.5 Å². The van der Waals surface area contributed by atoms with E-state index in [4.69, 9.17) is 0 Å². The molecule has 2 N–H and O–H groups in total. The fourth-order valence-corrected chi connectivity index (χ4v) is 4.59. The maximum atomic E-state index is 12.6. The summed E-state index contributed by atoms with van der Waals surface area (Å²) in [6.45, 7) is 1.90. The number of hydrogen-bond acceptors (Lipinski definition) is 5. The molecule has 0 saturated carbocycles. The lowest BCUT2D eigenvalue weighted by atomic mass is 10.1. The van der Waals surface area contributed by atoms with E-state index >= 15 is 0 Å². The van der Waals surface area contributed by atoms with Crippen LogP contribution in [0.25, 0.3) is 0 Å². The second kappa shape index (κ2) is 7.65. The predicted octanol–water partition coefficient (Wildman–Crippen LogP) is 1.66. The van der Waals surface area contributed by atoms with Crippen molar-refractivity contribution in [3.63, 3.8) is 0 Å². The van der Waals surface area contributed by atoms with Gasteiger partial charge >= 0.3 is 0 Å². The van der Waals surface area contributed by atoms with Crippen LogP contribution in [0.5, 0.6) is 0 Å². The summed E-state index contributed by atoms with van der Waals surface area (Å²) in [5.41, 5.74) is 0.383. The average Bonchev–Trinajstić information content (AvgIpc) is 3.32. The lowest BCUT2D eigenvalue weighted by Gasteiger charge is -2.24. The second-order valence-electron chi connectivity index (χ2n) is 5.99. The van der Waals surface area contributed by atoms with Crippen LogP contribution in [0.4, 0.5) is 0 Å². The smallest absolute Gasteiger partial charge is 0.253 e. The Labute approximate surface area is 151 Å². The van der Waals surface area contributed by atoms with E-state index in [-0.39, 0.29) is 23.4 Å². The molecule has 1 aliphatic heterocycles. The minimum absolute atomic E-state index is 0.104. The summed E-state index contributed by atoms with van der Waals surface area (Å²) in [7, 11) is -1.90. The Morgan fingerprint density at radius 2 is 2.20 bits per heavy atom. The highest BCUT2D eigenvalue weighted by atomic mass is 32.2. The molecular formula is C17H21N3O3S2. The van der Waals surface area contributed by atoms with E-state index in [0.717, 1.165) is 24.4 Å². The summed E-state index contributed by atoms with van der Waals surface area (Å²) in [5.74, 6) is -0.163. The number of carbonyl (C=O) groups is 1. The Hall–Kier alpha value is -1.74. The molecule has 134 valence electrons. The van der Waals surface area contributed by atoms with E-state index in [0.29, 0.717) is 5.56 Å². The number of benzene rings is 1. The topological polar surface area (TPSA) is 78.5 Å². The quantitative estimate of drug-likeness (QED) is 0.800. The zero-order valence-corrected chi connectivity index (χ0v) is 15.6. The molecule has 2 heterocycles. The monoisotopic (exact) mass is 379 g/mol. The molecule has 1 fully saturated rings. The van der Waals surface area contributed by atoms with Gasteiger partial charge in [-0.2, -0.15) is 0 Å². The summed E-state index contributed by atoms with van der Waals surface area (Å²) >= 11 is 1.49. The van der Waals surface area contributed by atoms with Crippen LogP contribution in [0.2, 0.25) is 0 Å². The number of thiophene rings is 1. The van der Waals surface area contributed by atoms with Crippen molar-refractivity contribution in [3.05, 3.63) is 52.2 Å². The van der Waals surface area contributed by atoms with Gasteiger partial charge in [0.2, 0.25) is 10.0 Å². The Morgan fingerprint density at radius 3 is 2.88 bits per heavy atom. The fourth-order valence-electron chi connectivity index (χ4n) is 2.80. The maximum absolute atomic E-state index is 12.6. The highest BCUT2D eigenvalue weighted by Crippen LogP contribution is 2.17. The lowest BCUT2D eigenvalue weighted by Crippen LogP contribution is -2.38. The number of hydrogen-bond donors (Lipinski definition) is 2. The molecule has 8 heteroatoms. The van der Waals surface area contributed by atoms with Crippen LogP contribution in [0.3, 0.4) is 0 Å². The molecule has 1 atom stereocenters. The number of rotatable bonds is 6. The zero-order valence-electron chi connectivity index (χ0n) is 13.9. The van der Waals surface area contributed by atoms with Gasteiger partial charge in [-0.25, -0.2) is 13.1 Å². The van der Waals surface area contributed by atoms with Gasteiger partial charge in [0, 0.05) is 36.6 Å². The van der Waals surface area contributed by atoms with E-state index < -0.39 is 10.0 Å². The molecule has 0 radical (unpaired) electrons. The van der Waals surface area contributed by atoms with Crippen LogP contribution in [0.1, 0.15) is 21.7 Å². The van der Waals surface area contributed by atoms with E-state index in [2.05, 4.69) is 10.0 Å². The van der Waals surface area contributed by atoms with Gasteiger partial charge in [0.15, 0.2) is 0 Å². The summed E-state index contributed by atoms with van der Waals surface area (Å²) in [4.78, 5) is 15.4. The molecule has 6 nitrogen and oxygen atoms in total. The Morgan fingerprint density at radius 1 is 1.36 bits per heavy atom. The summed E-state index contributed by atoms with van der Waals surface area (Å²) in [5, 5.41) is 5.13. The van der Waals surface area contributed by atoms with Gasteiger partial charge in [-0.05, 0) is 42.6 Å². The van der Waals surface area contributed by atoms with Crippen molar-refractivity contribution in [3.8, 4) is 0 Å². The van der Waals surface area contributed by atoms with Crippen LogP contribution < -0.4 is 10.0 Å². The Kier molecular flexibility index (Phi) is 5.53. The molecule has 1 aromatic heterocycles. The standard InChI is InChI=1S/C17H21N3O3S2/c1-20(14-7-8-18-11-14)17(21)13-4-2-6-16(10-13)25(22,23)19-12-15-5-3-9-24-15/h2-6,9-10,14,18-19H,7-8,11-12H2,1H3. The second-order valence-corrected chi connectivity index (χ2v) is 8.79. The van der Waals surface area contributed by atoms with E-state index in [1.165, 1.54) is 23.5 Å². The number of amides is 1.